The van der Waals surface area contributed by atoms with E-state index in [0.717, 1.165) is 32.7 Å². The molecule has 0 unspecified atom stereocenters. The van der Waals surface area contributed by atoms with Crippen LogP contribution in [0.1, 0.15) is 5.56 Å². The number of hydrogen-bond acceptors (Lipinski definition) is 3. The van der Waals surface area contributed by atoms with Crippen LogP contribution in [0.3, 0.4) is 0 Å². The van der Waals surface area contributed by atoms with Gasteiger partial charge in [0.05, 0.1) is 0 Å². The highest BCUT2D eigenvalue weighted by molar-refractivity contribution is 5.09. The maximum atomic E-state index is 4.01. The van der Waals surface area contributed by atoms with Gasteiger partial charge in [0.15, 0.2) is 0 Å². The summed E-state index contributed by atoms with van der Waals surface area (Å²) in [6.07, 6.45) is 3.71. The van der Waals surface area contributed by atoms with Crippen LogP contribution in [0.2, 0.25) is 0 Å². The molecule has 2 rings (SSSR count). The summed E-state index contributed by atoms with van der Waals surface area (Å²) < 4.78 is 0. The third-order valence-electron chi connectivity index (χ3n) is 2.62. The lowest BCUT2D eigenvalue weighted by atomic mass is 10.2. The molecule has 0 atom stereocenters. The van der Waals surface area contributed by atoms with E-state index in [1.165, 1.54) is 5.56 Å². The average molecular weight is 190 g/mol. The predicted octanol–water partition coefficient (Wildman–Crippen LogP) is 0.991. The van der Waals surface area contributed by atoms with E-state index in [4.69, 9.17) is 0 Å². The molecule has 2 heterocycles. The van der Waals surface area contributed by atoms with E-state index < -0.39 is 0 Å². The molecular weight excluding hydrogens is 174 g/mol. The second-order valence-corrected chi connectivity index (χ2v) is 3.75. The summed E-state index contributed by atoms with van der Waals surface area (Å²) in [7, 11) is 3.94. The van der Waals surface area contributed by atoms with Gasteiger partial charge in [-0.05, 0) is 30.8 Å². The Morgan fingerprint density at radius 3 is 2.43 bits per heavy atom. The highest BCUT2D eigenvalue weighted by atomic mass is 15.2. The third kappa shape index (κ3) is 2.53. The first-order valence-electron chi connectivity index (χ1n) is 5.01. The standard InChI is InChI=1S/C11H16N3/c1-13-6-8-14(9-7-13)10-11-2-4-12-5-3-11/h2-5H,1,6-10H2/q-1. The molecule has 1 aliphatic heterocycles. The van der Waals surface area contributed by atoms with Gasteiger partial charge in [-0.2, -0.15) is 0 Å². The van der Waals surface area contributed by atoms with E-state index in [1.807, 2.05) is 12.4 Å². The molecule has 0 spiro atoms. The maximum Gasteiger partial charge on any atom is 0.0271 e. The van der Waals surface area contributed by atoms with E-state index in [9.17, 15) is 0 Å². The predicted molar refractivity (Wildman–Crippen MR) is 56.4 cm³/mol. The summed E-state index contributed by atoms with van der Waals surface area (Å²) >= 11 is 0. The van der Waals surface area contributed by atoms with Crippen LogP contribution in [0.4, 0.5) is 0 Å². The zero-order valence-corrected chi connectivity index (χ0v) is 8.39. The molecule has 0 N–H and O–H groups in total. The van der Waals surface area contributed by atoms with Gasteiger partial charge in [0.25, 0.3) is 0 Å². The number of nitrogens with zero attached hydrogens (tertiary/aromatic N) is 3. The van der Waals surface area contributed by atoms with Gasteiger partial charge in [0.1, 0.15) is 0 Å². The van der Waals surface area contributed by atoms with Gasteiger partial charge in [-0.3, -0.25) is 16.9 Å². The van der Waals surface area contributed by atoms with Crippen LogP contribution in [-0.2, 0) is 6.54 Å². The Labute approximate surface area is 85.4 Å². The van der Waals surface area contributed by atoms with Crippen LogP contribution in [0.15, 0.2) is 24.5 Å². The molecule has 0 aliphatic carbocycles. The monoisotopic (exact) mass is 190 g/mol. The average Bonchev–Trinajstić information content (AvgIpc) is 2.23. The molecule has 14 heavy (non-hydrogen) atoms. The molecule has 0 amide bonds. The Morgan fingerprint density at radius 2 is 1.79 bits per heavy atom. The minimum atomic E-state index is 1.04. The second-order valence-electron chi connectivity index (χ2n) is 3.75. The number of piperazine rings is 1. The fourth-order valence-corrected chi connectivity index (χ4v) is 1.69. The van der Waals surface area contributed by atoms with Crippen molar-refractivity contribution in [2.24, 2.45) is 0 Å². The number of hydrogen-bond donors (Lipinski definition) is 0. The molecule has 1 saturated heterocycles. The van der Waals surface area contributed by atoms with Gasteiger partial charge in [0, 0.05) is 32.0 Å². The molecule has 1 aromatic rings. The molecule has 1 aromatic heterocycles. The molecule has 1 aliphatic rings. The Hall–Kier alpha value is -0.930. The lowest BCUT2D eigenvalue weighted by Crippen LogP contribution is -2.43. The third-order valence-corrected chi connectivity index (χ3v) is 2.62. The van der Waals surface area contributed by atoms with Crippen molar-refractivity contribution in [1.82, 2.24) is 14.8 Å². The van der Waals surface area contributed by atoms with Crippen molar-refractivity contribution < 1.29 is 0 Å². The summed E-state index contributed by atoms with van der Waals surface area (Å²) in [5.74, 6) is 0. The molecule has 1 fully saturated rings. The van der Waals surface area contributed by atoms with Gasteiger partial charge in [-0.1, -0.05) is 0 Å². The van der Waals surface area contributed by atoms with Gasteiger partial charge < -0.3 is 4.90 Å². The molecule has 0 radical (unpaired) electrons. The first kappa shape index (κ1) is 9.62. The van der Waals surface area contributed by atoms with Crippen molar-refractivity contribution >= 4 is 0 Å². The first-order valence-corrected chi connectivity index (χ1v) is 5.01. The van der Waals surface area contributed by atoms with Crippen molar-refractivity contribution in [3.63, 3.8) is 0 Å². The fourth-order valence-electron chi connectivity index (χ4n) is 1.69. The van der Waals surface area contributed by atoms with Crippen LogP contribution in [0.25, 0.3) is 0 Å². The lowest BCUT2D eigenvalue weighted by molar-refractivity contribution is 0.160. The number of rotatable bonds is 2. The van der Waals surface area contributed by atoms with Gasteiger partial charge in [0.2, 0.25) is 0 Å². The fraction of sp³-hybridized carbons (Fsp3) is 0.455. The Bertz CT molecular complexity index is 265. The van der Waals surface area contributed by atoms with Gasteiger partial charge in [-0.25, -0.2) is 0 Å². The van der Waals surface area contributed by atoms with Crippen molar-refractivity contribution in [1.29, 1.82) is 0 Å². The van der Waals surface area contributed by atoms with Crippen LogP contribution in [0, 0.1) is 7.05 Å². The minimum Gasteiger partial charge on any atom is -0.457 e. The summed E-state index contributed by atoms with van der Waals surface area (Å²) in [4.78, 5) is 8.60. The topological polar surface area (TPSA) is 19.4 Å². The zero-order chi connectivity index (χ0) is 9.80. The minimum absolute atomic E-state index is 1.04. The Morgan fingerprint density at radius 1 is 1.14 bits per heavy atom. The van der Waals surface area contributed by atoms with Crippen molar-refractivity contribution in [2.75, 3.05) is 26.2 Å². The number of aromatic nitrogens is 1. The lowest BCUT2D eigenvalue weighted by Gasteiger charge is -2.37. The largest absolute Gasteiger partial charge is 0.457 e. The summed E-state index contributed by atoms with van der Waals surface area (Å²) in [5, 5.41) is 0. The molecule has 0 saturated carbocycles. The highest BCUT2D eigenvalue weighted by Crippen LogP contribution is 2.06. The first-order chi connectivity index (χ1) is 6.84. The van der Waals surface area contributed by atoms with E-state index in [1.54, 1.807) is 0 Å². The van der Waals surface area contributed by atoms with Crippen molar-refractivity contribution in [3.8, 4) is 0 Å². The van der Waals surface area contributed by atoms with Crippen molar-refractivity contribution in [3.05, 3.63) is 37.1 Å². The van der Waals surface area contributed by atoms with E-state index in [-0.39, 0.29) is 0 Å². The quantitative estimate of drug-likeness (QED) is 0.648. The van der Waals surface area contributed by atoms with Crippen LogP contribution in [-0.4, -0.2) is 41.0 Å². The molecule has 3 nitrogen and oxygen atoms in total. The zero-order valence-electron chi connectivity index (χ0n) is 8.39. The molecule has 3 heteroatoms. The van der Waals surface area contributed by atoms with Gasteiger partial charge in [-0.15, -0.1) is 0 Å². The van der Waals surface area contributed by atoms with Gasteiger partial charge >= 0.3 is 0 Å². The smallest absolute Gasteiger partial charge is 0.0271 e. The van der Waals surface area contributed by atoms with Crippen LogP contribution < -0.4 is 0 Å². The molecule has 0 bridgehead atoms. The van der Waals surface area contributed by atoms with Crippen LogP contribution in [0.5, 0.6) is 0 Å². The number of pyridine rings is 1. The second kappa shape index (κ2) is 4.53. The maximum absolute atomic E-state index is 4.01. The van der Waals surface area contributed by atoms with Crippen molar-refractivity contribution in [2.45, 2.75) is 6.54 Å². The summed E-state index contributed by atoms with van der Waals surface area (Å²) in [6.45, 7) is 5.42. The van der Waals surface area contributed by atoms with E-state index >= 15 is 0 Å². The van der Waals surface area contributed by atoms with E-state index in [0.29, 0.717) is 0 Å². The molecule has 0 aromatic carbocycles. The summed E-state index contributed by atoms with van der Waals surface area (Å²) in [5.41, 5.74) is 1.34. The summed E-state index contributed by atoms with van der Waals surface area (Å²) in [6, 6.07) is 4.16. The Kier molecular flexibility index (Phi) is 3.11. The Balaban J connectivity index is 1.87. The molecule has 76 valence electrons. The highest BCUT2D eigenvalue weighted by Gasteiger charge is 2.10. The molecular formula is C11H16N3-. The normalized spacial score (nSPS) is 19.8. The SMILES string of the molecule is [CH2-]N1CCN(Cc2ccncc2)CC1. The van der Waals surface area contributed by atoms with E-state index in [2.05, 4.69) is 34.0 Å². The van der Waals surface area contributed by atoms with Crippen LogP contribution >= 0.6 is 0 Å².